The lowest BCUT2D eigenvalue weighted by atomic mass is 10.1. The first-order valence-corrected chi connectivity index (χ1v) is 5.93. The van der Waals surface area contributed by atoms with Crippen molar-refractivity contribution in [3.05, 3.63) is 41.5 Å². The molecule has 16 heavy (non-hydrogen) atoms. The van der Waals surface area contributed by atoms with Crippen LogP contribution >= 0.6 is 0 Å². The monoisotopic (exact) mass is 215 g/mol. The molecule has 85 valence electrons. The number of rotatable bonds is 3. The Labute approximate surface area is 98.0 Å². The van der Waals surface area contributed by atoms with Gasteiger partial charge in [0.2, 0.25) is 0 Å². The Balaban J connectivity index is 1.82. The summed E-state index contributed by atoms with van der Waals surface area (Å²) < 4.78 is 0. The van der Waals surface area contributed by atoms with Crippen LogP contribution in [0.1, 0.15) is 11.1 Å². The highest BCUT2D eigenvalue weighted by molar-refractivity contribution is 5.49. The van der Waals surface area contributed by atoms with E-state index in [-0.39, 0.29) is 0 Å². The zero-order chi connectivity index (χ0) is 11.2. The van der Waals surface area contributed by atoms with Crippen molar-refractivity contribution in [3.8, 4) is 0 Å². The molecular formula is C14H19N2. The third kappa shape index (κ3) is 3.47. The zero-order valence-corrected chi connectivity index (χ0v) is 9.89. The molecule has 1 saturated heterocycles. The van der Waals surface area contributed by atoms with Gasteiger partial charge < -0.3 is 0 Å². The smallest absolute Gasteiger partial charge is 0.0261 e. The van der Waals surface area contributed by atoms with E-state index in [0.29, 0.717) is 0 Å². The molecule has 0 atom stereocenters. The number of hydrogen-bond donors (Lipinski definition) is 0. The van der Waals surface area contributed by atoms with Gasteiger partial charge in [-0.05, 0) is 12.5 Å². The SMILES string of the molecule is Cc1ccc(C=CCN2CC[N]CC2)cc1. The topological polar surface area (TPSA) is 17.3 Å². The summed E-state index contributed by atoms with van der Waals surface area (Å²) in [7, 11) is 0. The zero-order valence-electron chi connectivity index (χ0n) is 9.89. The Morgan fingerprint density at radius 2 is 1.88 bits per heavy atom. The molecule has 1 aliphatic heterocycles. The summed E-state index contributed by atoms with van der Waals surface area (Å²) in [5, 5.41) is 4.34. The highest BCUT2D eigenvalue weighted by Crippen LogP contribution is 2.05. The normalized spacial score (nSPS) is 18.1. The van der Waals surface area contributed by atoms with Crippen molar-refractivity contribution in [2.45, 2.75) is 6.92 Å². The van der Waals surface area contributed by atoms with Crippen molar-refractivity contribution in [1.29, 1.82) is 0 Å². The lowest BCUT2D eigenvalue weighted by Crippen LogP contribution is -2.40. The van der Waals surface area contributed by atoms with E-state index in [9.17, 15) is 0 Å². The van der Waals surface area contributed by atoms with Crippen LogP contribution in [0.4, 0.5) is 0 Å². The second-order valence-electron chi connectivity index (χ2n) is 4.28. The van der Waals surface area contributed by atoms with Crippen LogP contribution in [0.3, 0.4) is 0 Å². The Morgan fingerprint density at radius 3 is 2.56 bits per heavy atom. The molecule has 0 amide bonds. The van der Waals surface area contributed by atoms with Crippen LogP contribution in [0.5, 0.6) is 0 Å². The fourth-order valence-corrected chi connectivity index (χ4v) is 1.85. The predicted molar refractivity (Wildman–Crippen MR) is 68.5 cm³/mol. The molecule has 0 aliphatic carbocycles. The van der Waals surface area contributed by atoms with Crippen LogP contribution in [-0.4, -0.2) is 37.6 Å². The van der Waals surface area contributed by atoms with Gasteiger partial charge in [-0.3, -0.25) is 4.90 Å². The number of piperazine rings is 1. The molecule has 2 nitrogen and oxygen atoms in total. The van der Waals surface area contributed by atoms with Gasteiger partial charge >= 0.3 is 0 Å². The van der Waals surface area contributed by atoms with Crippen molar-refractivity contribution >= 4 is 6.08 Å². The van der Waals surface area contributed by atoms with Gasteiger partial charge in [-0.1, -0.05) is 42.0 Å². The molecule has 0 aromatic heterocycles. The minimum Gasteiger partial charge on any atom is -0.297 e. The Kier molecular flexibility index (Phi) is 4.14. The summed E-state index contributed by atoms with van der Waals surface area (Å²) in [5.41, 5.74) is 2.60. The van der Waals surface area contributed by atoms with Crippen molar-refractivity contribution in [1.82, 2.24) is 10.2 Å². The van der Waals surface area contributed by atoms with E-state index in [1.54, 1.807) is 0 Å². The predicted octanol–water partition coefficient (Wildman–Crippen LogP) is 1.93. The maximum Gasteiger partial charge on any atom is 0.0261 e. The molecule has 0 bridgehead atoms. The lowest BCUT2D eigenvalue weighted by molar-refractivity contribution is 0.262. The van der Waals surface area contributed by atoms with Gasteiger partial charge in [-0.2, -0.15) is 0 Å². The molecule has 1 heterocycles. The van der Waals surface area contributed by atoms with Crippen molar-refractivity contribution in [3.63, 3.8) is 0 Å². The quantitative estimate of drug-likeness (QED) is 0.753. The van der Waals surface area contributed by atoms with E-state index in [1.807, 2.05) is 0 Å². The van der Waals surface area contributed by atoms with Gasteiger partial charge in [-0.25, -0.2) is 5.32 Å². The molecule has 1 radical (unpaired) electrons. The molecular weight excluding hydrogens is 196 g/mol. The fraction of sp³-hybridized carbons (Fsp3) is 0.429. The maximum absolute atomic E-state index is 4.34. The van der Waals surface area contributed by atoms with E-state index in [4.69, 9.17) is 0 Å². The van der Waals surface area contributed by atoms with Gasteiger partial charge in [0.15, 0.2) is 0 Å². The van der Waals surface area contributed by atoms with Crippen LogP contribution in [0, 0.1) is 6.92 Å². The van der Waals surface area contributed by atoms with Gasteiger partial charge in [0, 0.05) is 32.7 Å². The second kappa shape index (κ2) is 5.83. The van der Waals surface area contributed by atoms with E-state index in [1.165, 1.54) is 11.1 Å². The van der Waals surface area contributed by atoms with Crippen LogP contribution in [-0.2, 0) is 0 Å². The fourth-order valence-electron chi connectivity index (χ4n) is 1.85. The van der Waals surface area contributed by atoms with Crippen LogP contribution in [0.15, 0.2) is 30.3 Å². The highest BCUT2D eigenvalue weighted by Gasteiger charge is 2.07. The first-order valence-electron chi connectivity index (χ1n) is 5.93. The summed E-state index contributed by atoms with van der Waals surface area (Å²) in [6.45, 7) is 7.38. The van der Waals surface area contributed by atoms with Gasteiger partial charge in [0.1, 0.15) is 0 Å². The minimum atomic E-state index is 0.998. The largest absolute Gasteiger partial charge is 0.297 e. The number of hydrogen-bond acceptors (Lipinski definition) is 1. The summed E-state index contributed by atoms with van der Waals surface area (Å²) in [5.74, 6) is 0. The molecule has 2 rings (SSSR count). The van der Waals surface area contributed by atoms with Crippen molar-refractivity contribution in [2.24, 2.45) is 0 Å². The molecule has 0 N–H and O–H groups in total. The van der Waals surface area contributed by atoms with E-state index < -0.39 is 0 Å². The van der Waals surface area contributed by atoms with Crippen LogP contribution < -0.4 is 5.32 Å². The average molecular weight is 215 g/mol. The Bertz CT molecular complexity index is 334. The van der Waals surface area contributed by atoms with E-state index in [2.05, 4.69) is 53.6 Å². The van der Waals surface area contributed by atoms with Gasteiger partial charge in [-0.15, -0.1) is 0 Å². The Morgan fingerprint density at radius 1 is 1.19 bits per heavy atom. The highest BCUT2D eigenvalue weighted by atomic mass is 15.2. The van der Waals surface area contributed by atoms with Crippen molar-refractivity contribution < 1.29 is 0 Å². The first-order chi connectivity index (χ1) is 7.84. The van der Waals surface area contributed by atoms with Crippen LogP contribution in [0.2, 0.25) is 0 Å². The summed E-state index contributed by atoms with van der Waals surface area (Å²) in [6, 6.07) is 8.63. The maximum atomic E-state index is 4.34. The molecule has 1 aromatic rings. The Hall–Kier alpha value is -1.12. The standard InChI is InChI=1S/C14H19N2/c1-13-4-6-14(7-5-13)3-2-10-16-11-8-15-9-12-16/h2-7H,8-12H2,1H3. The summed E-state index contributed by atoms with van der Waals surface area (Å²) in [6.07, 6.45) is 4.45. The molecule has 0 unspecified atom stereocenters. The third-order valence-corrected chi connectivity index (χ3v) is 2.90. The number of benzene rings is 1. The van der Waals surface area contributed by atoms with Gasteiger partial charge in [0.05, 0.1) is 0 Å². The van der Waals surface area contributed by atoms with Gasteiger partial charge in [0.25, 0.3) is 0 Å². The van der Waals surface area contributed by atoms with E-state index in [0.717, 1.165) is 32.7 Å². The second-order valence-corrected chi connectivity index (χ2v) is 4.28. The minimum absolute atomic E-state index is 0.998. The molecule has 2 heteroatoms. The molecule has 0 saturated carbocycles. The molecule has 0 spiro atoms. The van der Waals surface area contributed by atoms with Crippen LogP contribution in [0.25, 0.3) is 6.08 Å². The number of aryl methyl sites for hydroxylation is 1. The lowest BCUT2D eigenvalue weighted by Gasteiger charge is -2.24. The molecule has 1 fully saturated rings. The van der Waals surface area contributed by atoms with Crippen molar-refractivity contribution in [2.75, 3.05) is 32.7 Å². The summed E-state index contributed by atoms with van der Waals surface area (Å²) >= 11 is 0. The van der Waals surface area contributed by atoms with E-state index >= 15 is 0 Å². The average Bonchev–Trinajstić information content (AvgIpc) is 2.33. The third-order valence-electron chi connectivity index (χ3n) is 2.90. The molecule has 1 aromatic carbocycles. The summed E-state index contributed by atoms with van der Waals surface area (Å²) in [4.78, 5) is 2.44. The molecule has 1 aliphatic rings. The number of nitrogens with zero attached hydrogens (tertiary/aromatic N) is 2. The first kappa shape index (κ1) is 11.4.